The zero-order chi connectivity index (χ0) is 15.1. The van der Waals surface area contributed by atoms with Gasteiger partial charge in [-0.05, 0) is 41.6 Å². The molecule has 5 heteroatoms. The maximum absolute atomic E-state index is 11.2. The molecule has 0 aromatic heterocycles. The van der Waals surface area contributed by atoms with E-state index in [2.05, 4.69) is 5.43 Å². The number of benzene rings is 2. The first-order valence-electron chi connectivity index (χ1n) is 6.55. The Morgan fingerprint density at radius 3 is 2.29 bits per heavy atom. The molecule has 0 radical (unpaired) electrons. The number of rotatable bonds is 6. The van der Waals surface area contributed by atoms with Crippen molar-refractivity contribution in [3.63, 3.8) is 0 Å². The molecule has 0 spiro atoms. The Hall–Kier alpha value is -1.98. The highest BCUT2D eigenvalue weighted by molar-refractivity contribution is 7.98. The first kappa shape index (κ1) is 15.4. The lowest BCUT2D eigenvalue weighted by atomic mass is 10.1. The van der Waals surface area contributed by atoms with Crippen LogP contribution in [0.15, 0.2) is 53.4 Å². The Morgan fingerprint density at radius 1 is 1.10 bits per heavy atom. The summed E-state index contributed by atoms with van der Waals surface area (Å²) in [5, 5.41) is 0. The van der Waals surface area contributed by atoms with E-state index in [1.165, 1.54) is 4.90 Å². The largest absolute Gasteiger partial charge is 0.489 e. The average molecular weight is 302 g/mol. The van der Waals surface area contributed by atoms with Crippen molar-refractivity contribution in [3.8, 4) is 5.75 Å². The summed E-state index contributed by atoms with van der Waals surface area (Å²) in [5.41, 5.74) is 4.10. The number of hydrogen-bond donors (Lipinski definition) is 2. The van der Waals surface area contributed by atoms with E-state index >= 15 is 0 Å². The molecule has 0 fully saturated rings. The molecule has 21 heavy (non-hydrogen) atoms. The van der Waals surface area contributed by atoms with Crippen molar-refractivity contribution in [3.05, 3.63) is 59.7 Å². The van der Waals surface area contributed by atoms with Crippen LogP contribution in [0.25, 0.3) is 0 Å². The summed E-state index contributed by atoms with van der Waals surface area (Å²) >= 11 is 1.70. The second kappa shape index (κ2) is 7.71. The van der Waals surface area contributed by atoms with Crippen LogP contribution in [0.2, 0.25) is 0 Å². The van der Waals surface area contributed by atoms with Crippen molar-refractivity contribution >= 4 is 17.7 Å². The number of hydrogen-bond acceptors (Lipinski definition) is 4. The molecule has 0 aliphatic carbocycles. The first-order valence-corrected chi connectivity index (χ1v) is 7.78. The Morgan fingerprint density at radius 2 is 1.71 bits per heavy atom. The van der Waals surface area contributed by atoms with Gasteiger partial charge >= 0.3 is 0 Å². The Kier molecular flexibility index (Phi) is 5.66. The van der Waals surface area contributed by atoms with E-state index < -0.39 is 0 Å². The number of nitrogens with two attached hydrogens (primary N) is 1. The maximum Gasteiger partial charge on any atom is 0.238 e. The third-order valence-electron chi connectivity index (χ3n) is 3.01. The van der Waals surface area contributed by atoms with Gasteiger partial charge in [-0.1, -0.05) is 24.3 Å². The summed E-state index contributed by atoms with van der Waals surface area (Å²) in [6, 6.07) is 15.7. The van der Waals surface area contributed by atoms with Crippen LogP contribution in [0, 0.1) is 0 Å². The lowest BCUT2D eigenvalue weighted by Gasteiger charge is -2.07. The summed E-state index contributed by atoms with van der Waals surface area (Å²) in [7, 11) is 0. The zero-order valence-electron chi connectivity index (χ0n) is 11.8. The van der Waals surface area contributed by atoms with Gasteiger partial charge in [0.05, 0.1) is 6.42 Å². The predicted octanol–water partition coefficient (Wildman–Crippen LogP) is 2.52. The fourth-order valence-corrected chi connectivity index (χ4v) is 2.24. The SMILES string of the molecule is CSc1ccc(OCc2ccc(CC(=O)NN)cc2)cc1. The average Bonchev–Trinajstić information content (AvgIpc) is 2.54. The van der Waals surface area contributed by atoms with E-state index in [-0.39, 0.29) is 12.3 Å². The van der Waals surface area contributed by atoms with E-state index in [0.29, 0.717) is 6.61 Å². The van der Waals surface area contributed by atoms with Crippen LogP contribution in [0.1, 0.15) is 11.1 Å². The monoisotopic (exact) mass is 302 g/mol. The maximum atomic E-state index is 11.2. The van der Waals surface area contributed by atoms with Crippen LogP contribution < -0.4 is 16.0 Å². The highest BCUT2D eigenvalue weighted by atomic mass is 32.2. The van der Waals surface area contributed by atoms with Crippen LogP contribution in [-0.2, 0) is 17.8 Å². The van der Waals surface area contributed by atoms with E-state index in [0.717, 1.165) is 16.9 Å². The molecular weight excluding hydrogens is 284 g/mol. The molecule has 0 saturated carbocycles. The van der Waals surface area contributed by atoms with E-state index in [9.17, 15) is 4.79 Å². The normalized spacial score (nSPS) is 10.2. The van der Waals surface area contributed by atoms with Crippen LogP contribution in [0.3, 0.4) is 0 Å². The van der Waals surface area contributed by atoms with Gasteiger partial charge in [0.2, 0.25) is 5.91 Å². The molecule has 110 valence electrons. The second-order valence-electron chi connectivity index (χ2n) is 4.52. The molecule has 0 heterocycles. The Bertz CT molecular complexity index is 582. The number of nitrogens with one attached hydrogen (secondary N) is 1. The molecule has 0 saturated heterocycles. The van der Waals surface area contributed by atoms with Crippen molar-refractivity contribution < 1.29 is 9.53 Å². The summed E-state index contributed by atoms with van der Waals surface area (Å²) in [4.78, 5) is 12.4. The summed E-state index contributed by atoms with van der Waals surface area (Å²) < 4.78 is 5.73. The Labute approximate surface area is 128 Å². The minimum Gasteiger partial charge on any atom is -0.489 e. The molecule has 4 nitrogen and oxygen atoms in total. The first-order chi connectivity index (χ1) is 10.2. The second-order valence-corrected chi connectivity index (χ2v) is 5.40. The van der Waals surface area contributed by atoms with E-state index in [1.54, 1.807) is 11.8 Å². The van der Waals surface area contributed by atoms with Crippen molar-refractivity contribution in [2.24, 2.45) is 5.84 Å². The summed E-state index contributed by atoms with van der Waals surface area (Å²) in [6.45, 7) is 0.502. The minimum atomic E-state index is -0.201. The zero-order valence-corrected chi connectivity index (χ0v) is 12.7. The van der Waals surface area contributed by atoms with Crippen molar-refractivity contribution in [1.29, 1.82) is 0 Å². The molecule has 0 bridgehead atoms. The van der Waals surface area contributed by atoms with Crippen LogP contribution >= 0.6 is 11.8 Å². The highest BCUT2D eigenvalue weighted by Gasteiger charge is 2.02. The van der Waals surface area contributed by atoms with Gasteiger partial charge in [-0.15, -0.1) is 11.8 Å². The standard InChI is InChI=1S/C16H18N2O2S/c1-21-15-8-6-14(7-9-15)20-11-13-4-2-12(3-5-13)10-16(19)18-17/h2-9H,10-11,17H2,1H3,(H,18,19). The fourth-order valence-electron chi connectivity index (χ4n) is 1.83. The van der Waals surface area contributed by atoms with Crippen LogP contribution in [0.5, 0.6) is 5.75 Å². The van der Waals surface area contributed by atoms with Gasteiger partial charge in [0.15, 0.2) is 0 Å². The Balaban J connectivity index is 1.89. The van der Waals surface area contributed by atoms with Gasteiger partial charge in [0.1, 0.15) is 12.4 Å². The topological polar surface area (TPSA) is 64.3 Å². The van der Waals surface area contributed by atoms with Crippen LogP contribution in [-0.4, -0.2) is 12.2 Å². The van der Waals surface area contributed by atoms with Crippen LogP contribution in [0.4, 0.5) is 0 Å². The fraction of sp³-hybridized carbons (Fsp3) is 0.188. The smallest absolute Gasteiger partial charge is 0.238 e. The third kappa shape index (κ3) is 4.81. The molecule has 0 aliphatic rings. The van der Waals surface area contributed by atoms with Crippen molar-refractivity contribution in [2.75, 3.05) is 6.26 Å². The molecule has 2 aromatic rings. The third-order valence-corrected chi connectivity index (χ3v) is 3.76. The predicted molar refractivity (Wildman–Crippen MR) is 85.0 cm³/mol. The van der Waals surface area contributed by atoms with Gasteiger partial charge in [-0.2, -0.15) is 0 Å². The number of carbonyl (C=O) groups excluding carboxylic acids is 1. The highest BCUT2D eigenvalue weighted by Crippen LogP contribution is 2.19. The lowest BCUT2D eigenvalue weighted by molar-refractivity contribution is -0.120. The van der Waals surface area contributed by atoms with Gasteiger partial charge < -0.3 is 4.74 Å². The minimum absolute atomic E-state index is 0.201. The summed E-state index contributed by atoms with van der Waals surface area (Å²) in [5.74, 6) is 5.71. The molecule has 2 aromatic carbocycles. The number of thioether (sulfide) groups is 1. The number of amides is 1. The van der Waals surface area contributed by atoms with Crippen molar-refractivity contribution in [1.82, 2.24) is 5.43 Å². The van der Waals surface area contributed by atoms with Gasteiger partial charge in [0.25, 0.3) is 0 Å². The molecular formula is C16H18N2O2S. The molecule has 2 rings (SSSR count). The number of hydrazine groups is 1. The lowest BCUT2D eigenvalue weighted by Crippen LogP contribution is -2.31. The van der Waals surface area contributed by atoms with Gasteiger partial charge in [-0.25, -0.2) is 5.84 Å². The molecule has 0 aliphatic heterocycles. The molecule has 0 atom stereocenters. The van der Waals surface area contributed by atoms with Crippen molar-refractivity contribution in [2.45, 2.75) is 17.9 Å². The number of ether oxygens (including phenoxy) is 1. The quantitative estimate of drug-likeness (QED) is 0.372. The molecule has 0 unspecified atom stereocenters. The van der Waals surface area contributed by atoms with Gasteiger partial charge in [0, 0.05) is 4.90 Å². The van der Waals surface area contributed by atoms with E-state index in [4.69, 9.17) is 10.6 Å². The number of carbonyl (C=O) groups is 1. The summed E-state index contributed by atoms with van der Waals surface area (Å²) in [6.07, 6.45) is 2.33. The van der Waals surface area contributed by atoms with Gasteiger partial charge in [-0.3, -0.25) is 10.2 Å². The molecule has 3 N–H and O–H groups in total. The molecule has 1 amide bonds. The van der Waals surface area contributed by atoms with E-state index in [1.807, 2.05) is 54.8 Å².